The standard InChI is InChI=1S/C15H12N4O3.C5H7N3O.2CH4/c16-15-17-8-7-10(18-15)9-22-14-6-5-13(19(20)21)11-3-1-2-4-12(11)14;6-5-7-2-1-4(3-9)8-5;;/h1-8H,9H2,(H2,16,17,18);1-2,9H,3H2,(H2,6,7,8);2*1H4. The lowest BCUT2D eigenvalue weighted by atomic mass is 10.1. The second-order valence-corrected chi connectivity index (χ2v) is 6.14. The lowest BCUT2D eigenvalue weighted by Crippen LogP contribution is -2.02. The van der Waals surface area contributed by atoms with E-state index in [1.807, 2.05) is 6.07 Å². The number of nitrogens with two attached hydrogens (primary N) is 2. The number of ether oxygens (including phenoxy) is 1. The van der Waals surface area contributed by atoms with Crippen molar-refractivity contribution < 1.29 is 14.8 Å². The highest BCUT2D eigenvalue weighted by Gasteiger charge is 2.14. The Labute approximate surface area is 191 Å². The van der Waals surface area contributed by atoms with E-state index in [1.54, 1.807) is 42.6 Å². The molecular weight excluding hydrogens is 426 g/mol. The van der Waals surface area contributed by atoms with Gasteiger partial charge in [0.05, 0.1) is 28.3 Å². The monoisotopic (exact) mass is 453 g/mol. The number of hydrogen-bond donors (Lipinski definition) is 3. The average molecular weight is 454 g/mol. The predicted molar refractivity (Wildman–Crippen MR) is 127 cm³/mol. The fraction of sp³-hybridized carbons (Fsp3) is 0.182. The number of aliphatic hydroxyl groups is 1. The van der Waals surface area contributed by atoms with E-state index >= 15 is 0 Å². The Bertz CT molecular complexity index is 1200. The van der Waals surface area contributed by atoms with Gasteiger partial charge in [-0.15, -0.1) is 0 Å². The first-order chi connectivity index (χ1) is 15.0. The highest BCUT2D eigenvalue weighted by Crippen LogP contribution is 2.33. The van der Waals surface area contributed by atoms with Crippen LogP contribution >= 0.6 is 0 Å². The number of aromatic nitrogens is 4. The minimum absolute atomic E-state index is 0. The van der Waals surface area contributed by atoms with Gasteiger partial charge < -0.3 is 21.3 Å². The summed E-state index contributed by atoms with van der Waals surface area (Å²) in [5.41, 5.74) is 11.9. The molecular formula is C22H27N7O4. The Kier molecular flexibility index (Phi) is 10.1. The lowest BCUT2D eigenvalue weighted by molar-refractivity contribution is -0.383. The zero-order chi connectivity index (χ0) is 22.2. The molecule has 2 aromatic carbocycles. The van der Waals surface area contributed by atoms with Crippen LogP contribution in [0.25, 0.3) is 10.8 Å². The third kappa shape index (κ3) is 7.08. The number of anilines is 2. The molecule has 0 unspecified atom stereocenters. The third-order valence-electron chi connectivity index (χ3n) is 4.06. The van der Waals surface area contributed by atoms with Gasteiger partial charge in [-0.25, -0.2) is 19.9 Å². The number of non-ortho nitro benzene ring substituents is 1. The summed E-state index contributed by atoms with van der Waals surface area (Å²) in [7, 11) is 0. The molecule has 11 nitrogen and oxygen atoms in total. The van der Waals surface area contributed by atoms with Crippen molar-refractivity contribution in [3.63, 3.8) is 0 Å². The molecule has 0 aliphatic rings. The number of nitrogen functional groups attached to an aromatic ring is 2. The van der Waals surface area contributed by atoms with Crippen molar-refractivity contribution in [1.82, 2.24) is 19.9 Å². The van der Waals surface area contributed by atoms with Crippen molar-refractivity contribution in [2.75, 3.05) is 11.5 Å². The highest BCUT2D eigenvalue weighted by molar-refractivity contribution is 5.95. The first-order valence-corrected chi connectivity index (χ1v) is 9.02. The molecule has 0 amide bonds. The van der Waals surface area contributed by atoms with E-state index in [9.17, 15) is 10.1 Å². The van der Waals surface area contributed by atoms with Gasteiger partial charge in [0.1, 0.15) is 12.4 Å². The molecule has 0 bridgehead atoms. The zero-order valence-electron chi connectivity index (χ0n) is 16.3. The first-order valence-electron chi connectivity index (χ1n) is 9.02. The smallest absolute Gasteiger partial charge is 0.277 e. The normalized spacial score (nSPS) is 9.61. The fourth-order valence-electron chi connectivity index (χ4n) is 2.69. The molecule has 4 aromatic rings. The van der Waals surface area contributed by atoms with Gasteiger partial charge in [-0.1, -0.05) is 33.1 Å². The van der Waals surface area contributed by atoms with Crippen LogP contribution in [0.4, 0.5) is 17.6 Å². The van der Waals surface area contributed by atoms with E-state index in [2.05, 4.69) is 19.9 Å². The predicted octanol–water partition coefficient (Wildman–Crippen LogP) is 3.52. The fourth-order valence-corrected chi connectivity index (χ4v) is 2.69. The van der Waals surface area contributed by atoms with Gasteiger partial charge in [-0.05, 0) is 24.3 Å². The maximum atomic E-state index is 11.1. The van der Waals surface area contributed by atoms with Crippen LogP contribution in [0, 0.1) is 10.1 Å². The average Bonchev–Trinajstić information content (AvgIpc) is 2.77. The van der Waals surface area contributed by atoms with Crippen LogP contribution in [0.1, 0.15) is 26.2 Å². The molecule has 2 heterocycles. The number of nitro groups is 1. The molecule has 0 aliphatic carbocycles. The first kappa shape index (κ1) is 26.7. The van der Waals surface area contributed by atoms with Crippen LogP contribution in [-0.4, -0.2) is 30.0 Å². The van der Waals surface area contributed by atoms with Crippen molar-refractivity contribution in [2.24, 2.45) is 0 Å². The van der Waals surface area contributed by atoms with Crippen molar-refractivity contribution in [3.05, 3.63) is 82.4 Å². The zero-order valence-corrected chi connectivity index (χ0v) is 16.3. The molecule has 5 N–H and O–H groups in total. The number of aliphatic hydroxyl groups excluding tert-OH is 1. The maximum Gasteiger partial charge on any atom is 0.277 e. The summed E-state index contributed by atoms with van der Waals surface area (Å²) in [6, 6.07) is 13.4. The van der Waals surface area contributed by atoms with Crippen LogP contribution in [0.2, 0.25) is 0 Å². The van der Waals surface area contributed by atoms with Crippen molar-refractivity contribution >= 4 is 28.4 Å². The quantitative estimate of drug-likeness (QED) is 0.299. The number of hydrogen-bond acceptors (Lipinski definition) is 10. The summed E-state index contributed by atoms with van der Waals surface area (Å²) in [6.45, 7) is 0.112. The van der Waals surface area contributed by atoms with Gasteiger partial charge in [0, 0.05) is 23.8 Å². The van der Waals surface area contributed by atoms with E-state index in [-0.39, 0.29) is 45.7 Å². The van der Waals surface area contributed by atoms with Gasteiger partial charge in [-0.2, -0.15) is 0 Å². The topological polar surface area (TPSA) is 176 Å². The van der Waals surface area contributed by atoms with Crippen LogP contribution < -0.4 is 16.2 Å². The van der Waals surface area contributed by atoms with Gasteiger partial charge in [0.2, 0.25) is 11.9 Å². The largest absolute Gasteiger partial charge is 0.487 e. The number of nitro benzene ring substituents is 1. The summed E-state index contributed by atoms with van der Waals surface area (Å²) in [4.78, 5) is 25.9. The van der Waals surface area contributed by atoms with E-state index in [0.717, 1.165) is 0 Å². The molecule has 4 rings (SSSR count). The van der Waals surface area contributed by atoms with Crippen molar-refractivity contribution in [2.45, 2.75) is 28.1 Å². The number of nitrogens with zero attached hydrogens (tertiary/aromatic N) is 5. The molecule has 11 heteroatoms. The molecule has 33 heavy (non-hydrogen) atoms. The van der Waals surface area contributed by atoms with E-state index < -0.39 is 4.92 Å². The summed E-state index contributed by atoms with van der Waals surface area (Å²) >= 11 is 0. The molecule has 0 fully saturated rings. The number of fused-ring (bicyclic) bond motifs is 1. The second kappa shape index (κ2) is 12.5. The van der Waals surface area contributed by atoms with Gasteiger partial charge in [0.25, 0.3) is 5.69 Å². The molecule has 174 valence electrons. The van der Waals surface area contributed by atoms with Crippen molar-refractivity contribution in [3.8, 4) is 5.75 Å². The Morgan fingerprint density at radius 1 is 0.879 bits per heavy atom. The lowest BCUT2D eigenvalue weighted by Gasteiger charge is -2.09. The second-order valence-electron chi connectivity index (χ2n) is 6.14. The summed E-state index contributed by atoms with van der Waals surface area (Å²) in [6.07, 6.45) is 3.06. The summed E-state index contributed by atoms with van der Waals surface area (Å²) < 4.78 is 5.73. The molecule has 0 radical (unpaired) electrons. The molecule has 0 spiro atoms. The minimum atomic E-state index is -0.406. The van der Waals surface area contributed by atoms with Gasteiger partial charge in [0.15, 0.2) is 0 Å². The molecule has 2 aromatic heterocycles. The van der Waals surface area contributed by atoms with E-state index in [1.165, 1.54) is 12.3 Å². The summed E-state index contributed by atoms with van der Waals surface area (Å²) in [5, 5.41) is 20.8. The Morgan fingerprint density at radius 2 is 1.45 bits per heavy atom. The molecule has 0 saturated heterocycles. The SMILES string of the molecule is C.C.Nc1nccc(CO)n1.Nc1nccc(COc2ccc([N+](=O)[O-])c3ccccc23)n1. The summed E-state index contributed by atoms with van der Waals surface area (Å²) in [5.74, 6) is 0.926. The number of benzene rings is 2. The third-order valence-corrected chi connectivity index (χ3v) is 4.06. The Morgan fingerprint density at radius 3 is 2.00 bits per heavy atom. The van der Waals surface area contributed by atoms with E-state index in [4.69, 9.17) is 21.3 Å². The minimum Gasteiger partial charge on any atom is -0.487 e. The van der Waals surface area contributed by atoms with Gasteiger partial charge >= 0.3 is 0 Å². The highest BCUT2D eigenvalue weighted by atomic mass is 16.6. The maximum absolute atomic E-state index is 11.1. The van der Waals surface area contributed by atoms with Crippen LogP contribution in [0.5, 0.6) is 5.75 Å². The van der Waals surface area contributed by atoms with Crippen LogP contribution in [-0.2, 0) is 13.2 Å². The van der Waals surface area contributed by atoms with Crippen LogP contribution in [0.3, 0.4) is 0 Å². The van der Waals surface area contributed by atoms with Crippen LogP contribution in [0.15, 0.2) is 60.9 Å². The molecule has 0 aliphatic heterocycles. The Hall–Kier alpha value is -4.38. The van der Waals surface area contributed by atoms with E-state index in [0.29, 0.717) is 27.9 Å². The van der Waals surface area contributed by atoms with Crippen molar-refractivity contribution in [1.29, 1.82) is 0 Å². The molecule has 0 saturated carbocycles. The number of rotatable bonds is 5. The Balaban J connectivity index is 0.000000422. The van der Waals surface area contributed by atoms with Gasteiger partial charge in [-0.3, -0.25) is 10.1 Å². The molecule has 0 atom stereocenters.